The Bertz CT molecular complexity index is 500. The highest BCUT2D eigenvalue weighted by Gasteiger charge is 2.36. The summed E-state index contributed by atoms with van der Waals surface area (Å²) < 4.78 is 5.50. The lowest BCUT2D eigenvalue weighted by Gasteiger charge is -2.25. The molecule has 0 amide bonds. The zero-order valence-corrected chi connectivity index (χ0v) is 22.4. The van der Waals surface area contributed by atoms with E-state index < -0.39 is 30.4 Å². The number of aliphatic hydroxyl groups is 4. The summed E-state index contributed by atoms with van der Waals surface area (Å²) in [6.45, 7) is 4.42. The van der Waals surface area contributed by atoms with Crippen molar-refractivity contribution < 1.29 is 34.8 Å². The van der Waals surface area contributed by atoms with E-state index >= 15 is 0 Å². The van der Waals surface area contributed by atoms with E-state index in [1.807, 2.05) is 0 Å². The predicted octanol–water partition coefficient (Wildman–Crippen LogP) is 4.99. The van der Waals surface area contributed by atoms with Crippen molar-refractivity contribution in [2.45, 2.75) is 166 Å². The van der Waals surface area contributed by atoms with Gasteiger partial charge in [-0.15, -0.1) is 0 Å². The van der Waals surface area contributed by atoms with E-state index in [0.29, 0.717) is 12.8 Å². The van der Waals surface area contributed by atoms with Crippen LogP contribution in [0.15, 0.2) is 0 Å². The lowest BCUT2D eigenvalue weighted by Crippen LogP contribution is -2.49. The average molecular weight is 503 g/mol. The molecule has 0 rings (SSSR count). The van der Waals surface area contributed by atoms with Gasteiger partial charge in [-0.25, -0.2) is 4.79 Å². The van der Waals surface area contributed by atoms with Crippen molar-refractivity contribution >= 4 is 12.3 Å². The van der Waals surface area contributed by atoms with Gasteiger partial charge in [0.05, 0.1) is 0 Å². The molecule has 5 atom stereocenters. The van der Waals surface area contributed by atoms with Crippen LogP contribution < -0.4 is 0 Å². The van der Waals surface area contributed by atoms with Gasteiger partial charge in [0, 0.05) is 0 Å². The minimum Gasteiger partial charge on any atom is -0.460 e. The van der Waals surface area contributed by atoms with Gasteiger partial charge < -0.3 is 30.0 Å². The van der Waals surface area contributed by atoms with Crippen LogP contribution in [0.5, 0.6) is 0 Å². The first-order valence-corrected chi connectivity index (χ1v) is 14.3. The Morgan fingerprint density at radius 1 is 0.629 bits per heavy atom. The summed E-state index contributed by atoms with van der Waals surface area (Å²) in [6, 6.07) is 0. The van der Waals surface area contributed by atoms with Crippen molar-refractivity contribution in [3.63, 3.8) is 0 Å². The van der Waals surface area contributed by atoms with Gasteiger partial charge in [0.2, 0.25) is 0 Å². The minimum absolute atomic E-state index is 0.0425. The third kappa shape index (κ3) is 18.0. The molecule has 208 valence electrons. The molecule has 0 heterocycles. The molecule has 0 aliphatic heterocycles. The molecule has 0 aromatic carbocycles. The lowest BCUT2D eigenvalue weighted by molar-refractivity contribution is -0.175. The lowest BCUT2D eigenvalue weighted by atomic mass is 10.0. The van der Waals surface area contributed by atoms with E-state index in [4.69, 9.17) is 4.74 Å². The topological polar surface area (TPSA) is 124 Å². The molecule has 0 aliphatic carbocycles. The second-order valence-electron chi connectivity index (χ2n) is 9.99. The van der Waals surface area contributed by atoms with E-state index in [1.54, 1.807) is 0 Å². The summed E-state index contributed by atoms with van der Waals surface area (Å²) in [4.78, 5) is 23.0. The molecule has 0 saturated carbocycles. The monoisotopic (exact) mass is 502 g/mol. The van der Waals surface area contributed by atoms with E-state index in [1.165, 1.54) is 70.6 Å². The molecule has 0 aromatic rings. The number of aliphatic hydroxyl groups excluding tert-OH is 4. The smallest absolute Gasteiger partial charge is 0.338 e. The molecule has 0 saturated heterocycles. The summed E-state index contributed by atoms with van der Waals surface area (Å²) in [5.74, 6) is -1.03. The van der Waals surface area contributed by atoms with Crippen LogP contribution in [0.2, 0.25) is 0 Å². The molecular formula is C28H54O7. The Morgan fingerprint density at radius 2 is 1.00 bits per heavy atom. The molecule has 35 heavy (non-hydrogen) atoms. The summed E-state index contributed by atoms with van der Waals surface area (Å²) in [7, 11) is 0. The van der Waals surface area contributed by atoms with Crippen LogP contribution in [0.25, 0.3) is 0 Å². The molecule has 7 heteroatoms. The number of rotatable bonds is 25. The largest absolute Gasteiger partial charge is 0.460 e. The highest BCUT2D eigenvalue weighted by Crippen LogP contribution is 2.19. The van der Waals surface area contributed by atoms with Gasteiger partial charge in [-0.2, -0.15) is 0 Å². The number of esters is 1. The van der Waals surface area contributed by atoms with Gasteiger partial charge in [0.1, 0.15) is 24.4 Å². The Hall–Kier alpha value is -1.02. The third-order valence-electron chi connectivity index (χ3n) is 6.70. The maximum Gasteiger partial charge on any atom is 0.338 e. The SMILES string of the molecule is CCCCCCCCCCCC(CCCCCCCCCC)OC(=O)[C@@H](O)[C@H](O)[C@H](O)[C@@H](O)C=O. The highest BCUT2D eigenvalue weighted by atomic mass is 16.6. The number of carbonyl (C=O) groups is 2. The number of ether oxygens (including phenoxy) is 1. The normalized spacial score (nSPS) is 15.8. The molecule has 7 nitrogen and oxygen atoms in total. The zero-order chi connectivity index (χ0) is 26.3. The summed E-state index contributed by atoms with van der Waals surface area (Å²) in [5.41, 5.74) is 0. The molecular weight excluding hydrogens is 448 g/mol. The van der Waals surface area contributed by atoms with Gasteiger partial charge in [-0.3, -0.25) is 0 Å². The third-order valence-corrected chi connectivity index (χ3v) is 6.70. The first-order valence-electron chi connectivity index (χ1n) is 14.3. The Labute approximate surface area is 213 Å². The van der Waals surface area contributed by atoms with Crippen molar-refractivity contribution in [1.82, 2.24) is 0 Å². The van der Waals surface area contributed by atoms with Gasteiger partial charge in [-0.1, -0.05) is 110 Å². The van der Waals surface area contributed by atoms with Gasteiger partial charge in [0.25, 0.3) is 0 Å². The van der Waals surface area contributed by atoms with Gasteiger partial charge in [0.15, 0.2) is 12.4 Å². The number of carbonyl (C=O) groups excluding carboxylic acids is 2. The second kappa shape index (κ2) is 23.4. The van der Waals surface area contributed by atoms with Crippen molar-refractivity contribution in [1.29, 1.82) is 0 Å². The molecule has 1 unspecified atom stereocenters. The maximum absolute atomic E-state index is 12.4. The molecule has 0 spiro atoms. The predicted molar refractivity (Wildman–Crippen MR) is 139 cm³/mol. The Kier molecular flexibility index (Phi) is 22.7. The summed E-state index contributed by atoms with van der Waals surface area (Å²) in [5, 5.41) is 39.1. The Balaban J connectivity index is 4.49. The second-order valence-corrected chi connectivity index (χ2v) is 9.99. The van der Waals surface area contributed by atoms with Crippen LogP contribution in [0.3, 0.4) is 0 Å². The van der Waals surface area contributed by atoms with Gasteiger partial charge in [-0.05, 0) is 25.7 Å². The molecule has 0 radical (unpaired) electrons. The first kappa shape index (κ1) is 34.0. The standard InChI is InChI=1S/C28H54O7/c1-3-5-7-9-11-13-15-17-19-21-23(20-18-16-14-12-10-8-6-4-2)35-28(34)27(33)26(32)25(31)24(30)22-29/h22-27,30-33H,3-21H2,1-2H3/t23?,24-,25+,26+,27-/m0/s1. The number of hydrogen-bond acceptors (Lipinski definition) is 7. The van der Waals surface area contributed by atoms with Crippen LogP contribution >= 0.6 is 0 Å². The average Bonchev–Trinajstić information content (AvgIpc) is 2.86. The van der Waals surface area contributed by atoms with Crippen molar-refractivity contribution in [3.8, 4) is 0 Å². The van der Waals surface area contributed by atoms with Crippen molar-refractivity contribution in [3.05, 3.63) is 0 Å². The zero-order valence-electron chi connectivity index (χ0n) is 22.4. The fourth-order valence-corrected chi connectivity index (χ4v) is 4.29. The number of aldehydes is 1. The molecule has 0 fully saturated rings. The minimum atomic E-state index is -2.02. The summed E-state index contributed by atoms with van der Waals surface area (Å²) >= 11 is 0. The maximum atomic E-state index is 12.4. The van der Waals surface area contributed by atoms with E-state index in [2.05, 4.69) is 13.8 Å². The molecule has 0 bridgehead atoms. The van der Waals surface area contributed by atoms with Crippen molar-refractivity contribution in [2.75, 3.05) is 0 Å². The van der Waals surface area contributed by atoms with Crippen LogP contribution in [0.1, 0.15) is 136 Å². The summed E-state index contributed by atoms with van der Waals surface area (Å²) in [6.07, 6.45) is 13.4. The molecule has 0 aromatic heterocycles. The van der Waals surface area contributed by atoms with E-state index in [9.17, 15) is 30.0 Å². The quantitative estimate of drug-likeness (QED) is 0.0787. The fourth-order valence-electron chi connectivity index (χ4n) is 4.29. The molecule has 0 aliphatic rings. The van der Waals surface area contributed by atoms with Gasteiger partial charge >= 0.3 is 5.97 Å². The van der Waals surface area contributed by atoms with E-state index in [-0.39, 0.29) is 12.4 Å². The highest BCUT2D eigenvalue weighted by molar-refractivity contribution is 5.75. The first-order chi connectivity index (χ1) is 16.9. The molecule has 4 N–H and O–H groups in total. The van der Waals surface area contributed by atoms with Crippen LogP contribution in [-0.2, 0) is 14.3 Å². The number of hydrogen-bond donors (Lipinski definition) is 4. The fraction of sp³-hybridized carbons (Fsp3) is 0.929. The number of unbranched alkanes of at least 4 members (excludes halogenated alkanes) is 15. The van der Waals surface area contributed by atoms with Crippen molar-refractivity contribution in [2.24, 2.45) is 0 Å². The van der Waals surface area contributed by atoms with Crippen LogP contribution in [0.4, 0.5) is 0 Å². The Morgan fingerprint density at radius 3 is 1.37 bits per heavy atom. The van der Waals surface area contributed by atoms with Crippen LogP contribution in [0, 0.1) is 0 Å². The van der Waals surface area contributed by atoms with E-state index in [0.717, 1.165) is 38.5 Å². The van der Waals surface area contributed by atoms with Crippen LogP contribution in [-0.4, -0.2) is 63.2 Å².